The lowest BCUT2D eigenvalue weighted by atomic mass is 9.96. The topological polar surface area (TPSA) is 51.8 Å². The minimum absolute atomic E-state index is 0.285. The Labute approximate surface area is 78.4 Å². The van der Waals surface area contributed by atoms with Crippen LogP contribution in [0.25, 0.3) is 0 Å². The Hall–Kier alpha value is -0.960. The van der Waals surface area contributed by atoms with Crippen LogP contribution in [0, 0.1) is 6.92 Å². The van der Waals surface area contributed by atoms with Crippen LogP contribution in [0.1, 0.15) is 30.7 Å². The van der Waals surface area contributed by atoms with Gasteiger partial charge in [0.05, 0.1) is 11.4 Å². The molecule has 0 radical (unpaired) electrons. The van der Waals surface area contributed by atoms with Crippen molar-refractivity contribution in [1.29, 1.82) is 0 Å². The molecule has 2 N–H and O–H groups in total. The molecule has 0 spiro atoms. The molecule has 70 valence electrons. The van der Waals surface area contributed by atoms with Crippen LogP contribution in [0.3, 0.4) is 0 Å². The zero-order valence-electron chi connectivity index (χ0n) is 7.95. The number of rotatable bonds is 3. The number of nitrogens with two attached hydrogens (primary N) is 1. The second-order valence-corrected chi connectivity index (χ2v) is 3.81. The molecule has 1 heterocycles. The first-order valence-corrected chi connectivity index (χ1v) is 4.77. The van der Waals surface area contributed by atoms with Crippen molar-refractivity contribution in [1.82, 2.24) is 9.97 Å². The van der Waals surface area contributed by atoms with Crippen LogP contribution in [-0.4, -0.2) is 16.5 Å². The van der Waals surface area contributed by atoms with Gasteiger partial charge in [-0.25, -0.2) is 0 Å². The summed E-state index contributed by atoms with van der Waals surface area (Å²) in [6, 6.07) is 0. The zero-order valence-corrected chi connectivity index (χ0v) is 7.95. The standard InChI is InChI=1S/C10H15N3/c1-8-9(13-7-6-12-8)10(2-3-10)4-5-11/h6-7H,2-5,11H2,1H3. The van der Waals surface area contributed by atoms with Crippen molar-refractivity contribution >= 4 is 0 Å². The summed E-state index contributed by atoms with van der Waals surface area (Å²) in [5.74, 6) is 0. The molecular weight excluding hydrogens is 162 g/mol. The van der Waals surface area contributed by atoms with Gasteiger partial charge in [0, 0.05) is 17.8 Å². The molecule has 3 nitrogen and oxygen atoms in total. The second kappa shape index (κ2) is 3.07. The fourth-order valence-corrected chi connectivity index (χ4v) is 1.96. The fraction of sp³-hybridized carbons (Fsp3) is 0.600. The van der Waals surface area contributed by atoms with E-state index in [1.165, 1.54) is 18.5 Å². The molecule has 3 heteroatoms. The Kier molecular flexibility index (Phi) is 2.04. The minimum atomic E-state index is 0.285. The van der Waals surface area contributed by atoms with E-state index < -0.39 is 0 Å². The molecule has 1 aromatic rings. The number of hydrogen-bond acceptors (Lipinski definition) is 3. The highest BCUT2D eigenvalue weighted by Gasteiger charge is 2.45. The highest BCUT2D eigenvalue weighted by atomic mass is 14.8. The molecule has 1 saturated carbocycles. The Morgan fingerprint density at radius 3 is 2.62 bits per heavy atom. The van der Waals surface area contributed by atoms with Crippen molar-refractivity contribution < 1.29 is 0 Å². The Morgan fingerprint density at radius 2 is 2.08 bits per heavy atom. The van der Waals surface area contributed by atoms with E-state index in [1.807, 2.05) is 6.92 Å². The Bertz CT molecular complexity index is 305. The quantitative estimate of drug-likeness (QED) is 0.754. The maximum absolute atomic E-state index is 5.59. The summed E-state index contributed by atoms with van der Waals surface area (Å²) in [5.41, 5.74) is 8.11. The predicted octanol–water partition coefficient (Wildman–Crippen LogP) is 1.17. The van der Waals surface area contributed by atoms with Crippen LogP contribution in [0.15, 0.2) is 12.4 Å². The number of hydrogen-bond donors (Lipinski definition) is 1. The molecular formula is C10H15N3. The second-order valence-electron chi connectivity index (χ2n) is 3.81. The molecule has 1 fully saturated rings. The third-order valence-electron chi connectivity index (χ3n) is 2.86. The van der Waals surface area contributed by atoms with Gasteiger partial charge in [0.15, 0.2) is 0 Å². The van der Waals surface area contributed by atoms with Crippen molar-refractivity contribution in [2.45, 2.75) is 31.6 Å². The summed E-state index contributed by atoms with van der Waals surface area (Å²) in [5, 5.41) is 0. The van der Waals surface area contributed by atoms with Gasteiger partial charge in [-0.1, -0.05) is 0 Å². The molecule has 1 aliphatic carbocycles. The van der Waals surface area contributed by atoms with Crippen LogP contribution in [0.2, 0.25) is 0 Å². The minimum Gasteiger partial charge on any atom is -0.330 e. The highest BCUT2D eigenvalue weighted by molar-refractivity contribution is 5.27. The molecule has 2 rings (SSSR count). The molecule has 0 amide bonds. The summed E-state index contributed by atoms with van der Waals surface area (Å²) in [6.07, 6.45) is 7.02. The Morgan fingerprint density at radius 1 is 1.38 bits per heavy atom. The molecule has 0 atom stereocenters. The monoisotopic (exact) mass is 177 g/mol. The van der Waals surface area contributed by atoms with Gasteiger partial charge in [-0.3, -0.25) is 9.97 Å². The molecule has 0 bridgehead atoms. The summed E-state index contributed by atoms with van der Waals surface area (Å²) >= 11 is 0. The smallest absolute Gasteiger partial charge is 0.0677 e. The average molecular weight is 177 g/mol. The van der Waals surface area contributed by atoms with Gasteiger partial charge in [-0.05, 0) is 32.7 Å². The lowest BCUT2D eigenvalue weighted by Gasteiger charge is -2.14. The van der Waals surface area contributed by atoms with Gasteiger partial charge in [0.25, 0.3) is 0 Å². The summed E-state index contributed by atoms with van der Waals surface area (Å²) in [7, 11) is 0. The summed E-state index contributed by atoms with van der Waals surface area (Å²) in [4.78, 5) is 8.68. The van der Waals surface area contributed by atoms with Crippen molar-refractivity contribution in [2.24, 2.45) is 5.73 Å². The van der Waals surface area contributed by atoms with Crippen LogP contribution < -0.4 is 5.73 Å². The van der Waals surface area contributed by atoms with Gasteiger partial charge in [0.2, 0.25) is 0 Å². The molecule has 0 aliphatic heterocycles. The van der Waals surface area contributed by atoms with Crippen LogP contribution in [0.4, 0.5) is 0 Å². The van der Waals surface area contributed by atoms with E-state index in [-0.39, 0.29) is 5.41 Å². The lowest BCUT2D eigenvalue weighted by Crippen LogP contribution is -2.16. The van der Waals surface area contributed by atoms with Crippen molar-refractivity contribution in [2.75, 3.05) is 6.54 Å². The van der Waals surface area contributed by atoms with Gasteiger partial charge in [-0.2, -0.15) is 0 Å². The van der Waals surface area contributed by atoms with E-state index >= 15 is 0 Å². The molecule has 1 aliphatic rings. The largest absolute Gasteiger partial charge is 0.330 e. The average Bonchev–Trinajstić information content (AvgIpc) is 2.87. The normalized spacial score (nSPS) is 18.6. The van der Waals surface area contributed by atoms with Crippen LogP contribution in [0.5, 0.6) is 0 Å². The maximum atomic E-state index is 5.59. The highest BCUT2D eigenvalue weighted by Crippen LogP contribution is 2.50. The molecule has 13 heavy (non-hydrogen) atoms. The van der Waals surface area contributed by atoms with Crippen LogP contribution >= 0.6 is 0 Å². The number of aryl methyl sites for hydroxylation is 1. The summed E-state index contributed by atoms with van der Waals surface area (Å²) in [6.45, 7) is 2.77. The van der Waals surface area contributed by atoms with Gasteiger partial charge < -0.3 is 5.73 Å². The van der Waals surface area contributed by atoms with Crippen molar-refractivity contribution in [3.63, 3.8) is 0 Å². The molecule has 1 aromatic heterocycles. The third kappa shape index (κ3) is 1.44. The van der Waals surface area contributed by atoms with E-state index in [2.05, 4.69) is 9.97 Å². The maximum Gasteiger partial charge on any atom is 0.0677 e. The van der Waals surface area contributed by atoms with Gasteiger partial charge in [-0.15, -0.1) is 0 Å². The summed E-state index contributed by atoms with van der Waals surface area (Å²) < 4.78 is 0. The molecule has 0 saturated heterocycles. The third-order valence-corrected chi connectivity index (χ3v) is 2.86. The fourth-order valence-electron chi connectivity index (χ4n) is 1.96. The van der Waals surface area contributed by atoms with Crippen molar-refractivity contribution in [3.8, 4) is 0 Å². The SMILES string of the molecule is Cc1nccnc1C1(CCN)CC1. The first-order chi connectivity index (χ1) is 6.28. The van der Waals surface area contributed by atoms with Gasteiger partial charge in [0.1, 0.15) is 0 Å². The Balaban J connectivity index is 2.30. The first-order valence-electron chi connectivity index (χ1n) is 4.77. The van der Waals surface area contributed by atoms with E-state index in [4.69, 9.17) is 5.73 Å². The van der Waals surface area contributed by atoms with Crippen LogP contribution in [-0.2, 0) is 5.41 Å². The van der Waals surface area contributed by atoms with Gasteiger partial charge >= 0.3 is 0 Å². The molecule has 0 aromatic carbocycles. The van der Waals surface area contributed by atoms with E-state index in [1.54, 1.807) is 12.4 Å². The van der Waals surface area contributed by atoms with Crippen molar-refractivity contribution in [3.05, 3.63) is 23.8 Å². The first kappa shape index (κ1) is 8.63. The van der Waals surface area contributed by atoms with E-state index in [0.717, 1.165) is 18.7 Å². The lowest BCUT2D eigenvalue weighted by molar-refractivity contribution is 0.601. The predicted molar refractivity (Wildman–Crippen MR) is 51.4 cm³/mol. The number of aromatic nitrogens is 2. The van der Waals surface area contributed by atoms with E-state index in [9.17, 15) is 0 Å². The molecule has 0 unspecified atom stereocenters. The number of nitrogens with zero attached hydrogens (tertiary/aromatic N) is 2. The van der Waals surface area contributed by atoms with E-state index in [0.29, 0.717) is 0 Å². The zero-order chi connectivity index (χ0) is 9.31.